The summed E-state index contributed by atoms with van der Waals surface area (Å²) in [4.78, 5) is 21.0. The quantitative estimate of drug-likeness (QED) is 0.711. The molecule has 2 aliphatic rings. The Bertz CT molecular complexity index is 886. The van der Waals surface area contributed by atoms with Gasteiger partial charge in [0.2, 0.25) is 0 Å². The van der Waals surface area contributed by atoms with Crippen LogP contribution in [0.4, 0.5) is 5.82 Å². The summed E-state index contributed by atoms with van der Waals surface area (Å²) in [7, 11) is 0. The zero-order chi connectivity index (χ0) is 20.9. The smallest absolute Gasteiger partial charge is 0.341 e. The highest BCUT2D eigenvalue weighted by Gasteiger charge is 2.35. The third-order valence-corrected chi connectivity index (χ3v) is 5.55. The van der Waals surface area contributed by atoms with Gasteiger partial charge in [-0.05, 0) is 24.5 Å². The number of benzene rings is 1. The molecule has 2 aliphatic heterocycles. The molecule has 9 nitrogen and oxygen atoms in total. The van der Waals surface area contributed by atoms with Gasteiger partial charge in [0.15, 0.2) is 6.61 Å². The molecule has 2 aromatic rings. The highest BCUT2D eigenvalue weighted by molar-refractivity contribution is 5.68. The van der Waals surface area contributed by atoms with E-state index in [1.165, 1.54) is 0 Å². The van der Waals surface area contributed by atoms with E-state index in [0.29, 0.717) is 5.82 Å². The van der Waals surface area contributed by atoms with Crippen molar-refractivity contribution >= 4 is 18.0 Å². The van der Waals surface area contributed by atoms with Crippen molar-refractivity contribution in [2.24, 2.45) is 11.0 Å². The van der Waals surface area contributed by atoms with E-state index in [0.717, 1.165) is 37.9 Å². The van der Waals surface area contributed by atoms with Crippen LogP contribution >= 0.6 is 0 Å². The number of hydrogen-bond acceptors (Lipinski definition) is 8. The van der Waals surface area contributed by atoms with Crippen molar-refractivity contribution in [3.8, 4) is 6.01 Å². The first-order valence-electron chi connectivity index (χ1n) is 10.1. The molecule has 0 spiro atoms. The summed E-state index contributed by atoms with van der Waals surface area (Å²) in [5.74, 6) is -0.274. The summed E-state index contributed by atoms with van der Waals surface area (Å²) < 4.78 is 5.07. The van der Waals surface area contributed by atoms with Gasteiger partial charge < -0.3 is 19.8 Å². The van der Waals surface area contributed by atoms with Crippen LogP contribution in [0.25, 0.3) is 0 Å². The highest BCUT2D eigenvalue weighted by Crippen LogP contribution is 2.34. The highest BCUT2D eigenvalue weighted by atomic mass is 16.5. The number of rotatable bonds is 7. The van der Waals surface area contributed by atoms with Crippen LogP contribution in [0.5, 0.6) is 6.01 Å². The van der Waals surface area contributed by atoms with Crippen molar-refractivity contribution in [2.45, 2.75) is 31.5 Å². The number of hydrazone groups is 1. The van der Waals surface area contributed by atoms with Crippen molar-refractivity contribution in [3.63, 3.8) is 0 Å². The van der Waals surface area contributed by atoms with Crippen molar-refractivity contribution in [1.29, 1.82) is 0 Å². The van der Waals surface area contributed by atoms with E-state index >= 15 is 0 Å². The molecule has 0 radical (unpaired) electrons. The average molecular weight is 411 g/mol. The number of hydrogen-bond donors (Lipinski definition) is 2. The number of aliphatic carboxylic acids is 1. The maximum Gasteiger partial charge on any atom is 0.341 e. The van der Waals surface area contributed by atoms with E-state index in [4.69, 9.17) is 9.84 Å². The van der Waals surface area contributed by atoms with Crippen LogP contribution in [0.1, 0.15) is 30.9 Å². The summed E-state index contributed by atoms with van der Waals surface area (Å²) >= 11 is 0. The van der Waals surface area contributed by atoms with Crippen molar-refractivity contribution in [2.75, 3.05) is 24.6 Å². The molecule has 158 valence electrons. The molecule has 2 atom stereocenters. The minimum atomic E-state index is -1.07. The van der Waals surface area contributed by atoms with Crippen molar-refractivity contribution in [1.82, 2.24) is 15.0 Å². The lowest BCUT2D eigenvalue weighted by molar-refractivity contribution is -0.139. The first-order valence-corrected chi connectivity index (χ1v) is 10.1. The molecule has 1 unspecified atom stereocenters. The van der Waals surface area contributed by atoms with E-state index < -0.39 is 18.8 Å². The monoisotopic (exact) mass is 411 g/mol. The fraction of sp³-hybridized carbons (Fsp3) is 0.429. The summed E-state index contributed by atoms with van der Waals surface area (Å²) in [6, 6.07) is 12.0. The molecule has 0 aliphatic carbocycles. The van der Waals surface area contributed by atoms with Crippen LogP contribution in [0, 0.1) is 5.92 Å². The third-order valence-electron chi connectivity index (χ3n) is 5.55. The lowest BCUT2D eigenvalue weighted by atomic mass is 9.93. The van der Waals surface area contributed by atoms with E-state index in [1.807, 2.05) is 29.4 Å². The van der Waals surface area contributed by atoms with Crippen LogP contribution in [-0.2, 0) is 4.79 Å². The molecule has 0 saturated carbocycles. The SMILES string of the molecule is O=C(O)COc1nccc(N2CCC(C(O)N3N=CC[C@H]3c3ccccc3)CC2)n1. The maximum atomic E-state index is 11.0. The molecule has 9 heteroatoms. The second-order valence-corrected chi connectivity index (χ2v) is 7.46. The largest absolute Gasteiger partial charge is 0.479 e. The van der Waals surface area contributed by atoms with E-state index in [2.05, 4.69) is 32.1 Å². The number of ether oxygens (including phenoxy) is 1. The van der Waals surface area contributed by atoms with E-state index in [-0.39, 0.29) is 18.0 Å². The van der Waals surface area contributed by atoms with Gasteiger partial charge in [-0.15, -0.1) is 0 Å². The molecule has 1 saturated heterocycles. The number of carboxylic acid groups (broad SMARTS) is 1. The van der Waals surface area contributed by atoms with Gasteiger partial charge in [-0.3, -0.25) is 5.01 Å². The van der Waals surface area contributed by atoms with Crippen molar-refractivity contribution < 1.29 is 19.7 Å². The standard InChI is InChI=1S/C21H25N5O4/c27-19(28)14-30-21-22-10-7-18(24-21)25-12-8-16(9-13-25)20(29)26-17(6-11-23-26)15-4-2-1-3-5-15/h1-5,7,10-11,16-17,20,29H,6,8-9,12-14H2,(H,27,28)/t17-,20?/m0/s1. The van der Waals surface area contributed by atoms with E-state index in [1.54, 1.807) is 12.3 Å². The molecule has 3 heterocycles. The summed E-state index contributed by atoms with van der Waals surface area (Å²) in [5.41, 5.74) is 1.15. The Morgan fingerprint density at radius 2 is 1.97 bits per heavy atom. The van der Waals surface area contributed by atoms with Gasteiger partial charge in [-0.2, -0.15) is 10.1 Å². The molecular weight excluding hydrogens is 386 g/mol. The molecule has 1 fully saturated rings. The zero-order valence-electron chi connectivity index (χ0n) is 16.5. The van der Waals surface area contributed by atoms with Gasteiger partial charge in [0.1, 0.15) is 12.0 Å². The molecule has 30 heavy (non-hydrogen) atoms. The molecule has 1 aromatic heterocycles. The Hall–Kier alpha value is -3.20. The predicted octanol–water partition coefficient (Wildman–Crippen LogP) is 1.91. The van der Waals surface area contributed by atoms with Gasteiger partial charge >= 0.3 is 12.0 Å². The van der Waals surface area contributed by atoms with Gasteiger partial charge in [-0.1, -0.05) is 30.3 Å². The molecule has 2 N–H and O–H groups in total. The second kappa shape index (κ2) is 9.08. The van der Waals surface area contributed by atoms with Gasteiger partial charge in [-0.25, -0.2) is 9.78 Å². The number of piperidine rings is 1. The summed E-state index contributed by atoms with van der Waals surface area (Å²) in [6.45, 7) is 0.978. The predicted molar refractivity (Wildman–Crippen MR) is 110 cm³/mol. The Morgan fingerprint density at radius 3 is 2.70 bits per heavy atom. The number of anilines is 1. The average Bonchev–Trinajstić information content (AvgIpc) is 3.28. The van der Waals surface area contributed by atoms with Crippen LogP contribution in [0.15, 0.2) is 47.7 Å². The Labute approximate surface area is 174 Å². The third kappa shape index (κ3) is 4.51. The summed E-state index contributed by atoms with van der Waals surface area (Å²) in [6.07, 6.45) is 5.17. The molecule has 1 aromatic carbocycles. The summed E-state index contributed by atoms with van der Waals surface area (Å²) in [5, 5.41) is 26.0. The fourth-order valence-electron chi connectivity index (χ4n) is 3.99. The number of aliphatic hydroxyl groups is 1. The normalized spacial score (nSPS) is 20.4. The second-order valence-electron chi connectivity index (χ2n) is 7.46. The number of nitrogens with zero attached hydrogens (tertiary/aromatic N) is 5. The van der Waals surface area contributed by atoms with Crippen molar-refractivity contribution in [3.05, 3.63) is 48.2 Å². The maximum absolute atomic E-state index is 11.0. The van der Waals surface area contributed by atoms with Crippen LogP contribution in [-0.4, -0.2) is 63.3 Å². The number of carbonyl (C=O) groups is 1. The first-order chi connectivity index (χ1) is 14.6. The van der Waals surface area contributed by atoms with E-state index in [9.17, 15) is 9.90 Å². The van der Waals surface area contributed by atoms with Crippen LogP contribution in [0.2, 0.25) is 0 Å². The minimum absolute atomic E-state index is 0.0502. The topological polar surface area (TPSA) is 111 Å². The Kier molecular flexibility index (Phi) is 6.08. The molecular formula is C21H25N5O4. The minimum Gasteiger partial charge on any atom is -0.479 e. The lowest BCUT2D eigenvalue weighted by Crippen LogP contribution is -2.44. The molecule has 0 bridgehead atoms. The van der Waals surface area contributed by atoms with Crippen LogP contribution < -0.4 is 9.64 Å². The van der Waals surface area contributed by atoms with Gasteiger partial charge in [0.05, 0.1) is 6.04 Å². The zero-order valence-corrected chi connectivity index (χ0v) is 16.5. The fourth-order valence-corrected chi connectivity index (χ4v) is 3.99. The van der Waals surface area contributed by atoms with Gasteiger partial charge in [0.25, 0.3) is 0 Å². The number of aliphatic hydroxyl groups excluding tert-OH is 1. The number of carboxylic acids is 1. The van der Waals surface area contributed by atoms with Gasteiger partial charge in [0, 0.05) is 37.8 Å². The Balaban J connectivity index is 1.36. The molecule has 0 amide bonds. The lowest BCUT2D eigenvalue weighted by Gasteiger charge is -2.39. The number of aromatic nitrogens is 2. The molecule has 4 rings (SSSR count). The first kappa shape index (κ1) is 20.1. The van der Waals surface area contributed by atoms with Crippen LogP contribution in [0.3, 0.4) is 0 Å². The Morgan fingerprint density at radius 1 is 1.20 bits per heavy atom.